The van der Waals surface area contributed by atoms with Crippen LogP contribution in [0.15, 0.2) is 0 Å². The maximum atomic E-state index is 9.74. The van der Waals surface area contributed by atoms with Gasteiger partial charge in [0.25, 0.3) is 0 Å². The van der Waals surface area contributed by atoms with E-state index >= 15 is 0 Å². The van der Waals surface area contributed by atoms with Gasteiger partial charge in [0.1, 0.15) is 0 Å². The Kier molecular flexibility index (Phi) is 5.52. The smallest absolute Gasteiger partial charge is 0.416 e. The summed E-state index contributed by atoms with van der Waals surface area (Å²) in [6, 6.07) is 0. The lowest BCUT2D eigenvalue weighted by Crippen LogP contribution is -2.57. The number of hydrogen-bond acceptors (Lipinski definition) is 6. The molecule has 0 fully saturated rings. The Bertz CT molecular complexity index is 230. The van der Waals surface area contributed by atoms with Gasteiger partial charge in [0.15, 0.2) is 0 Å². The molecule has 3 N–H and O–H groups in total. The van der Waals surface area contributed by atoms with E-state index < -0.39 is 34.5 Å². The molecule has 0 saturated carbocycles. The lowest BCUT2D eigenvalue weighted by atomic mass is 11.9. The molecule has 0 radical (unpaired) electrons. The standard InChI is InChI=1S/C7H24O6Si4/c1-14(2,8)11-15(3,4)12-16(5,6)13-17(7,9)10/h8-10H,1-7H3. The van der Waals surface area contributed by atoms with Gasteiger partial charge in [0.05, 0.1) is 0 Å². The summed E-state index contributed by atoms with van der Waals surface area (Å²) >= 11 is 0. The van der Waals surface area contributed by atoms with Crippen LogP contribution in [0.3, 0.4) is 0 Å². The molecule has 0 aliphatic rings. The number of rotatable bonds is 6. The van der Waals surface area contributed by atoms with Crippen LogP contribution in [0.1, 0.15) is 0 Å². The van der Waals surface area contributed by atoms with Crippen molar-refractivity contribution in [3.05, 3.63) is 0 Å². The summed E-state index contributed by atoms with van der Waals surface area (Å²) in [5, 5.41) is 0. The molecule has 104 valence electrons. The molecule has 0 saturated heterocycles. The Morgan fingerprint density at radius 1 is 0.588 bits per heavy atom. The van der Waals surface area contributed by atoms with Gasteiger partial charge in [-0.1, -0.05) is 0 Å². The molecule has 0 heterocycles. The molecular formula is C7H24O6Si4. The molecule has 0 aliphatic carbocycles. The van der Waals surface area contributed by atoms with Crippen LogP contribution in [-0.4, -0.2) is 48.9 Å². The molecule has 0 aromatic heterocycles. The first-order valence-corrected chi connectivity index (χ1v) is 16.2. The third kappa shape index (κ3) is 10.3. The first-order chi connectivity index (χ1) is 7.12. The van der Waals surface area contributed by atoms with Crippen LogP contribution < -0.4 is 0 Å². The number of hydrogen-bond donors (Lipinski definition) is 3. The molecule has 0 bridgehead atoms. The van der Waals surface area contributed by atoms with Crippen LogP contribution in [0.2, 0.25) is 45.8 Å². The highest BCUT2D eigenvalue weighted by Gasteiger charge is 2.44. The normalized spacial score (nSPS) is 15.2. The summed E-state index contributed by atoms with van der Waals surface area (Å²) in [5.41, 5.74) is 0. The van der Waals surface area contributed by atoms with Gasteiger partial charge in [-0.3, -0.25) is 0 Å². The highest BCUT2D eigenvalue weighted by Crippen LogP contribution is 2.21. The summed E-state index contributed by atoms with van der Waals surface area (Å²) < 4.78 is 16.6. The van der Waals surface area contributed by atoms with Crippen molar-refractivity contribution in [1.82, 2.24) is 0 Å². The van der Waals surface area contributed by atoms with Crippen molar-refractivity contribution >= 4 is 34.5 Å². The topological polar surface area (TPSA) is 88.4 Å². The van der Waals surface area contributed by atoms with E-state index in [0.29, 0.717) is 0 Å². The van der Waals surface area contributed by atoms with Crippen LogP contribution in [0.4, 0.5) is 0 Å². The Hall–Kier alpha value is 0.628. The zero-order valence-corrected chi connectivity index (χ0v) is 15.6. The second-order valence-corrected chi connectivity index (χ2v) is 18.3. The van der Waals surface area contributed by atoms with Crippen LogP contribution in [0.25, 0.3) is 0 Å². The summed E-state index contributed by atoms with van der Waals surface area (Å²) in [6.45, 7) is 11.7. The van der Waals surface area contributed by atoms with Crippen molar-refractivity contribution in [3.63, 3.8) is 0 Å². The van der Waals surface area contributed by atoms with Crippen molar-refractivity contribution in [3.8, 4) is 0 Å². The molecule has 6 nitrogen and oxygen atoms in total. The fourth-order valence-corrected chi connectivity index (χ4v) is 16.1. The third-order valence-electron chi connectivity index (χ3n) is 1.43. The van der Waals surface area contributed by atoms with E-state index in [1.807, 2.05) is 13.1 Å². The summed E-state index contributed by atoms with van der Waals surface area (Å²) in [5.74, 6) is 0. The van der Waals surface area contributed by atoms with E-state index in [1.165, 1.54) is 6.55 Å². The van der Waals surface area contributed by atoms with Gasteiger partial charge in [-0.15, -0.1) is 0 Å². The molecule has 0 spiro atoms. The van der Waals surface area contributed by atoms with Crippen molar-refractivity contribution in [2.45, 2.75) is 45.8 Å². The zero-order chi connectivity index (χ0) is 14.1. The molecule has 0 aromatic carbocycles. The minimum absolute atomic E-state index is 1.27. The third-order valence-corrected chi connectivity index (χ3v) is 12.8. The molecule has 0 atom stereocenters. The first kappa shape index (κ1) is 17.6. The first-order valence-electron chi connectivity index (χ1n) is 5.40. The molecule has 10 heteroatoms. The van der Waals surface area contributed by atoms with E-state index in [0.717, 1.165) is 0 Å². The molecule has 0 aliphatic heterocycles. The quantitative estimate of drug-likeness (QED) is 0.625. The van der Waals surface area contributed by atoms with Crippen molar-refractivity contribution in [2.24, 2.45) is 0 Å². The van der Waals surface area contributed by atoms with E-state index in [1.54, 1.807) is 26.2 Å². The predicted molar refractivity (Wildman–Crippen MR) is 74.0 cm³/mol. The van der Waals surface area contributed by atoms with Gasteiger partial charge < -0.3 is 26.7 Å². The fourth-order valence-electron chi connectivity index (χ4n) is 1.70. The van der Waals surface area contributed by atoms with Crippen molar-refractivity contribution < 1.29 is 26.7 Å². The lowest BCUT2D eigenvalue weighted by molar-refractivity contribution is 0.212. The minimum atomic E-state index is -3.60. The average Bonchev–Trinajstić information content (AvgIpc) is 1.65. The van der Waals surface area contributed by atoms with Gasteiger partial charge >= 0.3 is 34.5 Å². The maximum absolute atomic E-state index is 9.74. The molecule has 0 aromatic rings. The predicted octanol–water partition coefficient (Wildman–Crippen LogP) is 0.687. The van der Waals surface area contributed by atoms with Gasteiger partial charge in [-0.2, -0.15) is 0 Å². The van der Waals surface area contributed by atoms with E-state index in [2.05, 4.69) is 0 Å². The van der Waals surface area contributed by atoms with E-state index in [4.69, 9.17) is 12.3 Å². The van der Waals surface area contributed by atoms with Crippen molar-refractivity contribution in [2.75, 3.05) is 0 Å². The van der Waals surface area contributed by atoms with Gasteiger partial charge in [0.2, 0.25) is 0 Å². The summed E-state index contributed by atoms with van der Waals surface area (Å²) in [7, 11) is -11.4. The summed E-state index contributed by atoms with van der Waals surface area (Å²) in [4.78, 5) is 28.4. The van der Waals surface area contributed by atoms with Gasteiger partial charge in [-0.25, -0.2) is 0 Å². The SMILES string of the molecule is C[Si](C)(O)O[Si](C)(C)O[Si](C)(C)O[Si](C)(O)O. The monoisotopic (exact) mass is 316 g/mol. The Balaban J connectivity index is 4.59. The maximum Gasteiger partial charge on any atom is 0.483 e. The van der Waals surface area contributed by atoms with E-state index in [-0.39, 0.29) is 0 Å². The second-order valence-electron chi connectivity index (χ2n) is 5.49. The summed E-state index contributed by atoms with van der Waals surface area (Å²) in [6.07, 6.45) is 0. The Labute approximate surface area is 107 Å². The van der Waals surface area contributed by atoms with Crippen LogP contribution in [0, 0.1) is 0 Å². The van der Waals surface area contributed by atoms with E-state index in [9.17, 15) is 14.4 Å². The Morgan fingerprint density at radius 3 is 1.24 bits per heavy atom. The molecule has 0 unspecified atom stereocenters. The van der Waals surface area contributed by atoms with Gasteiger partial charge in [-0.05, 0) is 39.3 Å². The highest BCUT2D eigenvalue weighted by atomic mass is 28.5. The highest BCUT2D eigenvalue weighted by molar-refractivity contribution is 6.86. The largest absolute Gasteiger partial charge is 0.483 e. The minimum Gasteiger partial charge on any atom is -0.416 e. The molecule has 0 rings (SSSR count). The van der Waals surface area contributed by atoms with Gasteiger partial charge in [0, 0.05) is 6.55 Å². The average molecular weight is 317 g/mol. The zero-order valence-electron chi connectivity index (χ0n) is 11.6. The molecule has 0 amide bonds. The second kappa shape index (κ2) is 5.32. The van der Waals surface area contributed by atoms with Crippen LogP contribution in [0.5, 0.6) is 0 Å². The fraction of sp³-hybridized carbons (Fsp3) is 1.00. The van der Waals surface area contributed by atoms with Crippen LogP contribution >= 0.6 is 0 Å². The van der Waals surface area contributed by atoms with Crippen LogP contribution in [-0.2, 0) is 12.3 Å². The molecule has 17 heavy (non-hydrogen) atoms. The lowest BCUT2D eigenvalue weighted by Gasteiger charge is -2.37. The van der Waals surface area contributed by atoms with Crippen molar-refractivity contribution in [1.29, 1.82) is 0 Å². The Morgan fingerprint density at radius 2 is 0.941 bits per heavy atom. The molecular weight excluding hydrogens is 292 g/mol.